The maximum Gasteiger partial charge on any atom is 0.141 e. The zero-order valence-corrected chi connectivity index (χ0v) is 25.1. The standard InChI is InChI=1S/C30H27Cl2FN8S/c1-2-40-7-5-21(6-8-40)41-15-27(38-39-41)22(28-16-42-17-36-28)9-18-10-23-29(37-20-3-4-26(33)24(31)12-20)19(13-34)14-35-30(23)25(32)11-18/h3-4,10-12,14-17,21-22H,2,5-9H2,1H3,(H,35,37)/t22-/m1/s1. The number of fused-ring (bicyclic) bond motifs is 1. The van der Waals surface area contributed by atoms with E-state index in [0.717, 1.165) is 49.4 Å². The van der Waals surface area contributed by atoms with Gasteiger partial charge < -0.3 is 10.2 Å². The van der Waals surface area contributed by atoms with Crippen LogP contribution in [0.25, 0.3) is 10.9 Å². The van der Waals surface area contributed by atoms with Gasteiger partial charge in [-0.15, -0.1) is 16.4 Å². The van der Waals surface area contributed by atoms with Crippen LogP contribution in [0.3, 0.4) is 0 Å². The van der Waals surface area contributed by atoms with Gasteiger partial charge in [-0.1, -0.05) is 35.3 Å². The molecule has 214 valence electrons. The molecule has 4 heterocycles. The van der Waals surface area contributed by atoms with E-state index >= 15 is 0 Å². The van der Waals surface area contributed by atoms with Crippen molar-refractivity contribution in [3.8, 4) is 6.07 Å². The minimum atomic E-state index is -0.524. The zero-order valence-electron chi connectivity index (χ0n) is 22.8. The quantitative estimate of drug-likeness (QED) is 0.193. The normalized spacial score (nSPS) is 15.1. The van der Waals surface area contributed by atoms with E-state index in [1.54, 1.807) is 6.07 Å². The van der Waals surface area contributed by atoms with E-state index in [4.69, 9.17) is 23.2 Å². The minimum absolute atomic E-state index is 0.0225. The van der Waals surface area contributed by atoms with Crippen molar-refractivity contribution in [3.05, 3.63) is 92.0 Å². The third-order valence-electron chi connectivity index (χ3n) is 7.81. The molecule has 0 aliphatic carbocycles. The lowest BCUT2D eigenvalue weighted by molar-refractivity contribution is 0.186. The van der Waals surface area contributed by atoms with Crippen molar-refractivity contribution in [2.75, 3.05) is 25.0 Å². The summed E-state index contributed by atoms with van der Waals surface area (Å²) < 4.78 is 15.8. The van der Waals surface area contributed by atoms with Crippen LogP contribution in [0.15, 0.2) is 53.6 Å². The molecule has 1 N–H and O–H groups in total. The van der Waals surface area contributed by atoms with Crippen molar-refractivity contribution in [2.24, 2.45) is 0 Å². The average molecular weight is 622 g/mol. The summed E-state index contributed by atoms with van der Waals surface area (Å²) in [5, 5.41) is 25.4. The Bertz CT molecular complexity index is 1760. The Kier molecular flexibility index (Phi) is 8.36. The summed E-state index contributed by atoms with van der Waals surface area (Å²) in [6.45, 7) is 5.37. The largest absolute Gasteiger partial charge is 0.354 e. The Hall–Kier alpha value is -3.62. The molecule has 12 heteroatoms. The lowest BCUT2D eigenvalue weighted by Gasteiger charge is -2.30. The third-order valence-corrected chi connectivity index (χ3v) is 8.99. The molecule has 0 amide bonds. The first-order chi connectivity index (χ1) is 20.4. The Balaban J connectivity index is 1.36. The maximum absolute atomic E-state index is 13.8. The van der Waals surface area contributed by atoms with Crippen LogP contribution >= 0.6 is 34.5 Å². The van der Waals surface area contributed by atoms with Gasteiger partial charge in [0.1, 0.15) is 11.9 Å². The number of hydrogen-bond acceptors (Lipinski definition) is 8. The van der Waals surface area contributed by atoms with Gasteiger partial charge in [0.25, 0.3) is 0 Å². The first-order valence-electron chi connectivity index (χ1n) is 13.7. The SMILES string of the molecule is CCN1CCC(n2cc([C@@H](Cc3cc(Cl)c4ncc(C#N)c(Nc5ccc(F)c(Cl)c5)c4c3)c3cscn3)nn2)CC1. The molecule has 1 aliphatic rings. The monoisotopic (exact) mass is 620 g/mol. The van der Waals surface area contributed by atoms with Gasteiger partial charge in [-0.3, -0.25) is 4.98 Å². The van der Waals surface area contributed by atoms with Crippen LogP contribution in [0.1, 0.15) is 54.2 Å². The van der Waals surface area contributed by atoms with Gasteiger partial charge in [0, 0.05) is 41.9 Å². The van der Waals surface area contributed by atoms with Gasteiger partial charge in [-0.2, -0.15) is 5.26 Å². The highest BCUT2D eigenvalue weighted by Crippen LogP contribution is 2.36. The summed E-state index contributed by atoms with van der Waals surface area (Å²) in [5.74, 6) is -0.669. The van der Waals surface area contributed by atoms with E-state index in [1.807, 2.05) is 27.7 Å². The number of thiazole rings is 1. The molecule has 1 atom stereocenters. The molecule has 0 radical (unpaired) electrons. The molecule has 0 spiro atoms. The van der Waals surface area contributed by atoms with E-state index in [9.17, 15) is 9.65 Å². The zero-order chi connectivity index (χ0) is 29.2. The number of nitrogens with one attached hydrogen (secondary N) is 1. The number of hydrogen-bond donors (Lipinski definition) is 1. The Morgan fingerprint density at radius 3 is 2.69 bits per heavy atom. The highest BCUT2D eigenvalue weighted by atomic mass is 35.5. The second-order valence-electron chi connectivity index (χ2n) is 10.3. The number of benzene rings is 2. The lowest BCUT2D eigenvalue weighted by atomic mass is 9.93. The molecule has 5 aromatic rings. The van der Waals surface area contributed by atoms with E-state index in [1.165, 1.54) is 29.7 Å². The smallest absolute Gasteiger partial charge is 0.141 e. The number of halogens is 3. The topological polar surface area (TPSA) is 95.6 Å². The number of piperidine rings is 1. The fraction of sp³-hybridized carbons (Fsp3) is 0.300. The third kappa shape index (κ3) is 5.83. The Morgan fingerprint density at radius 1 is 1.14 bits per heavy atom. The number of pyridine rings is 1. The predicted octanol–water partition coefficient (Wildman–Crippen LogP) is 7.38. The van der Waals surface area contributed by atoms with Gasteiger partial charge in [0.15, 0.2) is 0 Å². The van der Waals surface area contributed by atoms with Gasteiger partial charge in [-0.25, -0.2) is 14.1 Å². The van der Waals surface area contributed by atoms with Crippen LogP contribution in [0, 0.1) is 17.1 Å². The summed E-state index contributed by atoms with van der Waals surface area (Å²) in [5.41, 5.74) is 6.42. The fourth-order valence-corrected chi connectivity index (χ4v) is 6.57. The second-order valence-corrected chi connectivity index (χ2v) is 11.9. The number of nitrogens with zero attached hydrogens (tertiary/aromatic N) is 7. The van der Waals surface area contributed by atoms with Crippen LogP contribution in [0.2, 0.25) is 10.0 Å². The van der Waals surface area contributed by atoms with Gasteiger partial charge >= 0.3 is 0 Å². The number of likely N-dealkylation sites (tertiary alicyclic amines) is 1. The van der Waals surface area contributed by atoms with Crippen molar-refractivity contribution >= 4 is 56.8 Å². The van der Waals surface area contributed by atoms with E-state index in [0.29, 0.717) is 45.3 Å². The molecule has 8 nitrogen and oxygen atoms in total. The van der Waals surface area contributed by atoms with Crippen LogP contribution in [-0.2, 0) is 6.42 Å². The number of aromatic nitrogens is 5. The van der Waals surface area contributed by atoms with E-state index < -0.39 is 5.82 Å². The summed E-state index contributed by atoms with van der Waals surface area (Å²) in [4.78, 5) is 11.5. The molecule has 1 aliphatic heterocycles. The molecule has 1 fully saturated rings. The fourth-order valence-electron chi connectivity index (χ4n) is 5.49. The second kappa shape index (κ2) is 12.3. The van der Waals surface area contributed by atoms with Gasteiger partial charge in [0.05, 0.1) is 55.7 Å². The van der Waals surface area contributed by atoms with Crippen LogP contribution in [0.5, 0.6) is 0 Å². The molecule has 0 saturated carbocycles. The number of rotatable bonds is 8. The van der Waals surface area contributed by atoms with E-state index in [-0.39, 0.29) is 10.9 Å². The molecule has 2 aromatic carbocycles. The molecule has 0 bridgehead atoms. The predicted molar refractivity (Wildman–Crippen MR) is 164 cm³/mol. The van der Waals surface area contributed by atoms with Crippen LogP contribution in [-0.4, -0.2) is 49.5 Å². The maximum atomic E-state index is 13.8. The summed E-state index contributed by atoms with van der Waals surface area (Å²) in [7, 11) is 0. The molecule has 6 rings (SSSR count). The first kappa shape index (κ1) is 28.5. The summed E-state index contributed by atoms with van der Waals surface area (Å²) in [6, 6.07) is 10.7. The van der Waals surface area contributed by atoms with Crippen molar-refractivity contribution in [1.29, 1.82) is 5.26 Å². The average Bonchev–Trinajstić information content (AvgIpc) is 3.72. The van der Waals surface area contributed by atoms with Gasteiger partial charge in [-0.05, 0) is 61.7 Å². The van der Waals surface area contributed by atoms with Crippen molar-refractivity contribution in [2.45, 2.75) is 38.1 Å². The summed E-state index contributed by atoms with van der Waals surface area (Å²) in [6.07, 6.45) is 6.18. The van der Waals surface area contributed by atoms with Crippen molar-refractivity contribution in [3.63, 3.8) is 0 Å². The summed E-state index contributed by atoms with van der Waals surface area (Å²) >= 11 is 14.3. The van der Waals surface area contributed by atoms with Crippen LogP contribution < -0.4 is 5.32 Å². The highest BCUT2D eigenvalue weighted by Gasteiger charge is 2.25. The molecule has 42 heavy (non-hydrogen) atoms. The first-order valence-corrected chi connectivity index (χ1v) is 15.4. The Morgan fingerprint density at radius 2 is 1.98 bits per heavy atom. The molecule has 0 unspecified atom stereocenters. The van der Waals surface area contributed by atoms with Gasteiger partial charge in [0.2, 0.25) is 0 Å². The highest BCUT2D eigenvalue weighted by molar-refractivity contribution is 7.07. The molecule has 1 saturated heterocycles. The van der Waals surface area contributed by atoms with Crippen molar-refractivity contribution < 1.29 is 4.39 Å². The molecule has 3 aromatic heterocycles. The number of anilines is 2. The molecular formula is C30H27Cl2FN8S. The van der Waals surface area contributed by atoms with Crippen LogP contribution in [0.4, 0.5) is 15.8 Å². The number of nitriles is 1. The van der Waals surface area contributed by atoms with E-state index in [2.05, 4.69) is 49.7 Å². The molecular weight excluding hydrogens is 594 g/mol. The minimum Gasteiger partial charge on any atom is -0.354 e. The lowest BCUT2D eigenvalue weighted by Crippen LogP contribution is -2.34. The van der Waals surface area contributed by atoms with Crippen molar-refractivity contribution in [1.82, 2.24) is 29.9 Å². The Labute approximate surface area is 256 Å².